The Morgan fingerprint density at radius 2 is 1.53 bits per heavy atom. The number of carbonyl (C=O) groups is 2. The molecule has 3 rings (SSSR count). The van der Waals surface area contributed by atoms with E-state index in [0.29, 0.717) is 11.3 Å². The van der Waals surface area contributed by atoms with Crippen LogP contribution in [0.15, 0.2) is 78.9 Å². The van der Waals surface area contributed by atoms with Crippen LogP contribution in [-0.2, 0) is 21.4 Å². The summed E-state index contributed by atoms with van der Waals surface area (Å²) in [6, 6.07) is 23.4. The van der Waals surface area contributed by atoms with E-state index in [4.69, 9.17) is 0 Å². The number of nitrogens with zero attached hydrogens (tertiary/aromatic N) is 1. The number of hydrogen-bond acceptors (Lipinski definition) is 4. The predicted molar refractivity (Wildman–Crippen MR) is 134 cm³/mol. The van der Waals surface area contributed by atoms with Crippen LogP contribution in [0.4, 0.5) is 5.69 Å². The molecule has 0 spiro atoms. The first-order valence-corrected chi connectivity index (χ1v) is 12.7. The predicted octanol–water partition coefficient (Wildman–Crippen LogP) is 3.89. The second-order valence-corrected chi connectivity index (χ2v) is 10.2. The number of carbonyl (C=O) groups excluding carboxylic acids is 2. The van der Waals surface area contributed by atoms with E-state index in [1.165, 1.54) is 0 Å². The normalized spacial score (nSPS) is 12.2. The molecule has 0 unspecified atom stereocenters. The molecule has 1 atom stereocenters. The monoisotopic (exact) mass is 479 g/mol. The molecule has 0 bridgehead atoms. The number of para-hydroxylation sites is 1. The lowest BCUT2D eigenvalue weighted by atomic mass is 10.1. The van der Waals surface area contributed by atoms with Gasteiger partial charge in [-0.2, -0.15) is 4.31 Å². The number of aryl methyl sites for hydroxylation is 1. The molecule has 2 N–H and O–H groups in total. The molecule has 0 radical (unpaired) electrons. The number of benzene rings is 3. The van der Waals surface area contributed by atoms with Gasteiger partial charge in [0.2, 0.25) is 15.9 Å². The van der Waals surface area contributed by atoms with Crippen LogP contribution in [0.1, 0.15) is 40.0 Å². The fourth-order valence-corrected chi connectivity index (χ4v) is 4.16. The second kappa shape index (κ2) is 11.1. The summed E-state index contributed by atoms with van der Waals surface area (Å²) < 4.78 is 25.7. The molecule has 34 heavy (non-hydrogen) atoms. The van der Waals surface area contributed by atoms with E-state index < -0.39 is 15.9 Å². The summed E-state index contributed by atoms with van der Waals surface area (Å²) >= 11 is 0. The van der Waals surface area contributed by atoms with Crippen molar-refractivity contribution in [1.29, 1.82) is 0 Å². The minimum atomic E-state index is -3.64. The number of rotatable bonds is 9. The summed E-state index contributed by atoms with van der Waals surface area (Å²) in [6.07, 6.45) is 1.07. The first-order chi connectivity index (χ1) is 16.1. The molecule has 2 amide bonds. The van der Waals surface area contributed by atoms with E-state index in [1.54, 1.807) is 24.3 Å². The van der Waals surface area contributed by atoms with Gasteiger partial charge in [-0.25, -0.2) is 8.42 Å². The van der Waals surface area contributed by atoms with Crippen LogP contribution in [0.2, 0.25) is 0 Å². The number of amides is 2. The third-order valence-electron chi connectivity index (χ3n) is 5.36. The van der Waals surface area contributed by atoms with Gasteiger partial charge in [-0.15, -0.1) is 0 Å². The van der Waals surface area contributed by atoms with Crippen LogP contribution in [0, 0.1) is 6.92 Å². The molecule has 0 saturated carbocycles. The van der Waals surface area contributed by atoms with Crippen molar-refractivity contribution in [3.05, 3.63) is 101 Å². The highest BCUT2D eigenvalue weighted by atomic mass is 32.2. The first kappa shape index (κ1) is 25.1. The smallest absolute Gasteiger partial charge is 0.253 e. The van der Waals surface area contributed by atoms with E-state index in [9.17, 15) is 18.0 Å². The Kier molecular flexibility index (Phi) is 8.20. The number of nitrogens with one attached hydrogen (secondary N) is 2. The molecular weight excluding hydrogens is 450 g/mol. The topological polar surface area (TPSA) is 95.6 Å². The maximum absolute atomic E-state index is 12.9. The highest BCUT2D eigenvalue weighted by molar-refractivity contribution is 7.88. The van der Waals surface area contributed by atoms with Crippen molar-refractivity contribution < 1.29 is 18.0 Å². The fourth-order valence-electron chi connectivity index (χ4n) is 3.43. The van der Waals surface area contributed by atoms with Gasteiger partial charge in [-0.3, -0.25) is 9.59 Å². The van der Waals surface area contributed by atoms with Crippen LogP contribution < -0.4 is 10.6 Å². The average Bonchev–Trinajstić information content (AvgIpc) is 2.80. The largest absolute Gasteiger partial charge is 0.345 e. The standard InChI is InChI=1S/C26H29N3O4S/c1-19-13-15-21(16-14-19)17-29(34(3,32)33)18-25(30)28-24-12-8-7-11-23(24)26(31)27-20(2)22-9-5-4-6-10-22/h4-16,20H,17-18H2,1-3H3,(H,27,31)(H,28,30)/t20-/m0/s1. The second-order valence-electron chi connectivity index (χ2n) is 8.22. The maximum atomic E-state index is 12.9. The van der Waals surface area contributed by atoms with Crippen LogP contribution >= 0.6 is 0 Å². The summed E-state index contributed by atoms with van der Waals surface area (Å²) in [6.45, 7) is 3.52. The van der Waals surface area contributed by atoms with Crippen LogP contribution in [0.25, 0.3) is 0 Å². The summed E-state index contributed by atoms with van der Waals surface area (Å²) in [5, 5.41) is 5.63. The molecular formula is C26H29N3O4S. The molecule has 0 aliphatic rings. The van der Waals surface area contributed by atoms with Gasteiger partial charge >= 0.3 is 0 Å². The molecule has 0 aromatic heterocycles. The minimum Gasteiger partial charge on any atom is -0.345 e. The Morgan fingerprint density at radius 1 is 0.912 bits per heavy atom. The van der Waals surface area contributed by atoms with Gasteiger partial charge in [-0.05, 0) is 37.1 Å². The van der Waals surface area contributed by atoms with Crippen molar-refractivity contribution in [1.82, 2.24) is 9.62 Å². The Bertz CT molecular complexity index is 1240. The molecule has 0 saturated heterocycles. The fraction of sp³-hybridized carbons (Fsp3) is 0.231. The highest BCUT2D eigenvalue weighted by Crippen LogP contribution is 2.18. The Hall–Kier alpha value is -3.49. The Balaban J connectivity index is 1.71. The molecule has 3 aromatic rings. The maximum Gasteiger partial charge on any atom is 0.253 e. The zero-order valence-corrected chi connectivity index (χ0v) is 20.3. The quantitative estimate of drug-likeness (QED) is 0.487. The summed E-state index contributed by atoms with van der Waals surface area (Å²) in [5.74, 6) is -0.874. The Morgan fingerprint density at radius 3 is 2.18 bits per heavy atom. The van der Waals surface area contributed by atoms with Crippen molar-refractivity contribution in [2.24, 2.45) is 0 Å². The summed E-state index contributed by atoms with van der Waals surface area (Å²) in [5.41, 5.74) is 3.40. The van der Waals surface area contributed by atoms with Gasteiger partial charge in [0, 0.05) is 6.54 Å². The van der Waals surface area contributed by atoms with Gasteiger partial charge < -0.3 is 10.6 Å². The molecule has 0 aliphatic heterocycles. The van der Waals surface area contributed by atoms with E-state index in [-0.39, 0.29) is 25.0 Å². The lowest BCUT2D eigenvalue weighted by Crippen LogP contribution is -2.37. The average molecular weight is 480 g/mol. The first-order valence-electron chi connectivity index (χ1n) is 10.9. The van der Waals surface area contributed by atoms with Crippen LogP contribution in [-0.4, -0.2) is 37.3 Å². The number of hydrogen-bond donors (Lipinski definition) is 2. The van der Waals surface area contributed by atoms with Gasteiger partial charge in [0.05, 0.1) is 30.1 Å². The van der Waals surface area contributed by atoms with E-state index in [1.807, 2.05) is 68.4 Å². The molecule has 178 valence electrons. The molecule has 7 nitrogen and oxygen atoms in total. The van der Waals surface area contributed by atoms with Crippen molar-refractivity contribution in [2.45, 2.75) is 26.4 Å². The van der Waals surface area contributed by atoms with Crippen molar-refractivity contribution in [2.75, 3.05) is 18.1 Å². The number of sulfonamides is 1. The highest BCUT2D eigenvalue weighted by Gasteiger charge is 2.22. The van der Waals surface area contributed by atoms with Crippen molar-refractivity contribution >= 4 is 27.5 Å². The minimum absolute atomic E-state index is 0.0727. The van der Waals surface area contributed by atoms with E-state index >= 15 is 0 Å². The van der Waals surface area contributed by atoms with Gasteiger partial charge in [0.1, 0.15) is 0 Å². The van der Waals surface area contributed by atoms with Crippen molar-refractivity contribution in [3.8, 4) is 0 Å². The molecule has 3 aromatic carbocycles. The van der Waals surface area contributed by atoms with Gasteiger partial charge in [0.25, 0.3) is 5.91 Å². The summed E-state index contributed by atoms with van der Waals surface area (Å²) in [4.78, 5) is 25.7. The number of anilines is 1. The molecule has 0 aliphatic carbocycles. The summed E-state index contributed by atoms with van der Waals surface area (Å²) in [7, 11) is -3.64. The molecule has 0 fully saturated rings. The zero-order valence-electron chi connectivity index (χ0n) is 19.5. The van der Waals surface area contributed by atoms with Crippen LogP contribution in [0.5, 0.6) is 0 Å². The van der Waals surface area contributed by atoms with E-state index in [0.717, 1.165) is 27.3 Å². The third-order valence-corrected chi connectivity index (χ3v) is 6.56. The Labute approximate surface area is 200 Å². The lowest BCUT2D eigenvalue weighted by molar-refractivity contribution is -0.116. The van der Waals surface area contributed by atoms with Crippen molar-refractivity contribution in [3.63, 3.8) is 0 Å². The van der Waals surface area contributed by atoms with Crippen LogP contribution in [0.3, 0.4) is 0 Å². The SMILES string of the molecule is Cc1ccc(CN(CC(=O)Nc2ccccc2C(=O)N[C@@H](C)c2ccccc2)S(C)(=O)=O)cc1. The zero-order chi connectivity index (χ0) is 24.7. The molecule has 8 heteroatoms. The van der Waals surface area contributed by atoms with Gasteiger partial charge in [0.15, 0.2) is 0 Å². The van der Waals surface area contributed by atoms with E-state index in [2.05, 4.69) is 10.6 Å². The third kappa shape index (κ3) is 7.00. The lowest BCUT2D eigenvalue weighted by Gasteiger charge is -2.20. The van der Waals surface area contributed by atoms with Gasteiger partial charge in [-0.1, -0.05) is 72.3 Å². The molecule has 0 heterocycles.